The van der Waals surface area contributed by atoms with Gasteiger partial charge in [-0.25, -0.2) is 12.8 Å². The highest BCUT2D eigenvalue weighted by Gasteiger charge is 2.26. The van der Waals surface area contributed by atoms with E-state index in [0.29, 0.717) is 23.7 Å². The highest BCUT2D eigenvalue weighted by molar-refractivity contribution is 7.92. The molecule has 0 heterocycles. The molecule has 0 aliphatic rings. The van der Waals surface area contributed by atoms with Crippen molar-refractivity contribution in [3.63, 3.8) is 0 Å². The van der Waals surface area contributed by atoms with E-state index in [0.717, 1.165) is 18.2 Å². The van der Waals surface area contributed by atoms with Crippen molar-refractivity contribution in [3.8, 4) is 5.75 Å². The van der Waals surface area contributed by atoms with Gasteiger partial charge in [-0.15, -0.1) is 0 Å². The lowest BCUT2D eigenvalue weighted by molar-refractivity contribution is 0.102. The molecule has 1 amide bonds. The molecule has 0 radical (unpaired) electrons. The van der Waals surface area contributed by atoms with Crippen molar-refractivity contribution in [1.29, 1.82) is 0 Å². The number of nitrogens with zero attached hydrogens (tertiary/aromatic N) is 1. The van der Waals surface area contributed by atoms with Gasteiger partial charge in [-0.3, -0.25) is 9.10 Å². The molecule has 0 aliphatic carbocycles. The molecule has 0 spiro atoms. The number of amides is 1. The fourth-order valence-electron chi connectivity index (χ4n) is 3.09. The van der Waals surface area contributed by atoms with Crippen LogP contribution < -0.4 is 14.4 Å². The van der Waals surface area contributed by atoms with Gasteiger partial charge in [-0.2, -0.15) is 0 Å². The van der Waals surface area contributed by atoms with E-state index < -0.39 is 21.7 Å². The summed E-state index contributed by atoms with van der Waals surface area (Å²) in [5.41, 5.74) is 0.462. The van der Waals surface area contributed by atoms with E-state index >= 15 is 0 Å². The van der Waals surface area contributed by atoms with Gasteiger partial charge in [0, 0.05) is 6.54 Å². The third kappa shape index (κ3) is 4.86. The maximum atomic E-state index is 14.5. The molecular weight excluding hydrogens is 419 g/mol. The predicted molar refractivity (Wildman–Crippen MR) is 119 cm³/mol. The number of benzene rings is 3. The van der Waals surface area contributed by atoms with Crippen molar-refractivity contribution in [2.24, 2.45) is 0 Å². The number of hydrogen-bond acceptors (Lipinski definition) is 4. The monoisotopic (exact) mass is 442 g/mol. The Bertz CT molecular complexity index is 1170. The third-order valence-electron chi connectivity index (χ3n) is 4.54. The minimum absolute atomic E-state index is 0.174. The summed E-state index contributed by atoms with van der Waals surface area (Å²) in [6.45, 7) is 4.07. The molecule has 162 valence electrons. The van der Waals surface area contributed by atoms with E-state index in [-0.39, 0.29) is 17.0 Å². The Kier molecular flexibility index (Phi) is 6.91. The quantitative estimate of drug-likeness (QED) is 0.549. The molecule has 8 heteroatoms. The number of anilines is 2. The molecule has 1 N–H and O–H groups in total. The number of nitrogens with one attached hydrogen (secondary N) is 1. The molecule has 0 bridgehead atoms. The SMILES string of the molecule is CCOc1ccccc1NC(=O)c1cc(S(=O)(=O)N(CC)c2ccccc2)ccc1F. The normalized spacial score (nSPS) is 11.1. The molecule has 6 nitrogen and oxygen atoms in total. The van der Waals surface area contributed by atoms with Crippen molar-refractivity contribution in [3.05, 3.63) is 84.2 Å². The van der Waals surface area contributed by atoms with Gasteiger partial charge in [0.25, 0.3) is 15.9 Å². The zero-order valence-corrected chi connectivity index (χ0v) is 18.0. The second kappa shape index (κ2) is 9.61. The zero-order chi connectivity index (χ0) is 22.4. The molecule has 3 aromatic carbocycles. The number of sulfonamides is 1. The summed E-state index contributed by atoms with van der Waals surface area (Å²) >= 11 is 0. The van der Waals surface area contributed by atoms with Crippen LogP contribution in [-0.4, -0.2) is 27.5 Å². The van der Waals surface area contributed by atoms with Gasteiger partial charge in [0.05, 0.1) is 28.4 Å². The highest BCUT2D eigenvalue weighted by Crippen LogP contribution is 2.27. The summed E-state index contributed by atoms with van der Waals surface area (Å²) in [5, 5.41) is 2.59. The number of hydrogen-bond donors (Lipinski definition) is 1. The first-order chi connectivity index (χ1) is 14.9. The minimum Gasteiger partial charge on any atom is -0.492 e. The van der Waals surface area contributed by atoms with Crippen LogP contribution in [-0.2, 0) is 10.0 Å². The number of rotatable bonds is 8. The van der Waals surface area contributed by atoms with Gasteiger partial charge >= 0.3 is 0 Å². The van der Waals surface area contributed by atoms with Gasteiger partial charge in [-0.1, -0.05) is 30.3 Å². The van der Waals surface area contributed by atoms with E-state index in [1.807, 2.05) is 0 Å². The molecule has 3 rings (SSSR count). The summed E-state index contributed by atoms with van der Waals surface area (Å²) in [6, 6.07) is 18.5. The Labute approximate surface area is 181 Å². The van der Waals surface area contributed by atoms with Crippen LogP contribution >= 0.6 is 0 Å². The molecule has 0 fully saturated rings. The largest absolute Gasteiger partial charge is 0.492 e. The molecule has 0 unspecified atom stereocenters. The van der Waals surface area contributed by atoms with Crippen molar-refractivity contribution in [2.45, 2.75) is 18.7 Å². The maximum absolute atomic E-state index is 14.5. The number of carbonyl (C=O) groups excluding carboxylic acids is 1. The number of ether oxygens (including phenoxy) is 1. The minimum atomic E-state index is -4.00. The Morgan fingerprint density at radius 2 is 1.68 bits per heavy atom. The lowest BCUT2D eigenvalue weighted by atomic mass is 10.2. The second-order valence-electron chi connectivity index (χ2n) is 6.53. The summed E-state index contributed by atoms with van der Waals surface area (Å²) in [5.74, 6) is -1.17. The Morgan fingerprint density at radius 1 is 1.00 bits per heavy atom. The van der Waals surface area contributed by atoms with Gasteiger partial charge in [0.2, 0.25) is 0 Å². The van der Waals surface area contributed by atoms with Crippen LogP contribution in [0.1, 0.15) is 24.2 Å². The van der Waals surface area contributed by atoms with Crippen molar-refractivity contribution < 1.29 is 22.3 Å². The zero-order valence-electron chi connectivity index (χ0n) is 17.2. The molecular formula is C23H23FN2O4S. The van der Waals surface area contributed by atoms with Gasteiger partial charge in [0.15, 0.2) is 0 Å². The summed E-state index contributed by atoms with van der Waals surface area (Å²) < 4.78 is 47.5. The van der Waals surface area contributed by atoms with Crippen molar-refractivity contribution in [1.82, 2.24) is 0 Å². The van der Waals surface area contributed by atoms with Crippen molar-refractivity contribution in [2.75, 3.05) is 22.8 Å². The van der Waals surface area contributed by atoms with Crippen LogP contribution in [0.15, 0.2) is 77.7 Å². The Morgan fingerprint density at radius 3 is 2.35 bits per heavy atom. The van der Waals surface area contributed by atoms with Crippen LogP contribution in [0.25, 0.3) is 0 Å². The van der Waals surface area contributed by atoms with E-state index in [1.54, 1.807) is 68.4 Å². The summed E-state index contributed by atoms with van der Waals surface area (Å²) in [7, 11) is -4.00. The first kappa shape index (κ1) is 22.3. The lowest BCUT2D eigenvalue weighted by Crippen LogP contribution is -2.31. The van der Waals surface area contributed by atoms with Crippen molar-refractivity contribution >= 4 is 27.3 Å². The van der Waals surface area contributed by atoms with Crippen LogP contribution in [0.2, 0.25) is 0 Å². The average Bonchev–Trinajstić information content (AvgIpc) is 2.76. The first-order valence-corrected chi connectivity index (χ1v) is 11.2. The number of para-hydroxylation sites is 3. The molecule has 3 aromatic rings. The second-order valence-corrected chi connectivity index (χ2v) is 8.39. The lowest BCUT2D eigenvalue weighted by Gasteiger charge is -2.23. The van der Waals surface area contributed by atoms with E-state index in [1.165, 1.54) is 4.31 Å². The van der Waals surface area contributed by atoms with E-state index in [4.69, 9.17) is 4.74 Å². The first-order valence-electron chi connectivity index (χ1n) is 9.79. The topological polar surface area (TPSA) is 75.7 Å². The van der Waals surface area contributed by atoms with Crippen LogP contribution in [0.4, 0.5) is 15.8 Å². The average molecular weight is 443 g/mol. The molecule has 31 heavy (non-hydrogen) atoms. The number of carbonyl (C=O) groups is 1. The van der Waals surface area contributed by atoms with Gasteiger partial charge < -0.3 is 10.1 Å². The Balaban J connectivity index is 1.95. The third-order valence-corrected chi connectivity index (χ3v) is 6.44. The van der Waals surface area contributed by atoms with E-state index in [9.17, 15) is 17.6 Å². The molecule has 0 saturated carbocycles. The predicted octanol–water partition coefficient (Wildman–Crippen LogP) is 4.69. The van der Waals surface area contributed by atoms with Gasteiger partial charge in [0.1, 0.15) is 11.6 Å². The standard InChI is InChI=1S/C23H23FN2O4S/c1-3-26(17-10-6-5-7-11-17)31(28,29)18-14-15-20(24)19(16-18)23(27)25-21-12-8-9-13-22(21)30-4-2/h5-16H,3-4H2,1-2H3,(H,25,27). The fourth-order valence-corrected chi connectivity index (χ4v) is 4.59. The van der Waals surface area contributed by atoms with Crippen LogP contribution in [0.3, 0.4) is 0 Å². The van der Waals surface area contributed by atoms with E-state index in [2.05, 4.69) is 5.32 Å². The highest BCUT2D eigenvalue weighted by atomic mass is 32.2. The molecule has 0 atom stereocenters. The molecule has 0 saturated heterocycles. The summed E-state index contributed by atoms with van der Waals surface area (Å²) in [6.07, 6.45) is 0. The fraction of sp³-hybridized carbons (Fsp3) is 0.174. The number of halogens is 1. The molecule has 0 aliphatic heterocycles. The van der Waals surface area contributed by atoms with Gasteiger partial charge in [-0.05, 0) is 56.3 Å². The Hall–Kier alpha value is -3.39. The maximum Gasteiger partial charge on any atom is 0.264 e. The van der Waals surface area contributed by atoms with Crippen LogP contribution in [0, 0.1) is 5.82 Å². The molecule has 0 aromatic heterocycles. The summed E-state index contributed by atoms with van der Waals surface area (Å²) in [4.78, 5) is 12.6. The van der Waals surface area contributed by atoms with Crippen LogP contribution in [0.5, 0.6) is 5.75 Å². The smallest absolute Gasteiger partial charge is 0.264 e.